The van der Waals surface area contributed by atoms with E-state index in [0.717, 1.165) is 22.7 Å². The van der Waals surface area contributed by atoms with Gasteiger partial charge in [0.2, 0.25) is 11.8 Å². The second-order valence-electron chi connectivity index (χ2n) is 6.68. The molecular weight excluding hydrogens is 434 g/mol. The highest BCUT2D eigenvalue weighted by Crippen LogP contribution is 2.24. The smallest absolute Gasteiger partial charge is 0.257 e. The van der Waals surface area contributed by atoms with Gasteiger partial charge < -0.3 is 13.9 Å². The van der Waals surface area contributed by atoms with E-state index >= 15 is 0 Å². The quantitative estimate of drug-likeness (QED) is 0.353. The van der Waals surface area contributed by atoms with Crippen LogP contribution in [0.1, 0.15) is 19.2 Å². The van der Waals surface area contributed by atoms with Crippen LogP contribution in [-0.2, 0) is 18.4 Å². The Balaban J connectivity index is 1.40. The zero-order valence-electron chi connectivity index (χ0n) is 17.1. The molecule has 0 aliphatic rings. The lowest BCUT2D eigenvalue weighted by molar-refractivity contribution is -0.129. The van der Waals surface area contributed by atoms with Gasteiger partial charge in [-0.2, -0.15) is 0 Å². The first-order valence-corrected chi connectivity index (χ1v) is 11.6. The summed E-state index contributed by atoms with van der Waals surface area (Å²) < 4.78 is 7.62. The van der Waals surface area contributed by atoms with Crippen LogP contribution in [0.2, 0.25) is 0 Å². The maximum absolute atomic E-state index is 12.9. The maximum atomic E-state index is 12.9. The topological polar surface area (TPSA) is 103 Å². The number of hydrogen-bond acceptors (Lipinski definition) is 9. The van der Waals surface area contributed by atoms with E-state index < -0.39 is 0 Å². The molecule has 4 heterocycles. The molecule has 4 aromatic rings. The van der Waals surface area contributed by atoms with Crippen LogP contribution in [0.15, 0.2) is 51.6 Å². The van der Waals surface area contributed by atoms with Crippen LogP contribution in [0.25, 0.3) is 22.2 Å². The Morgan fingerprint density at radius 2 is 2.03 bits per heavy atom. The molecule has 4 aromatic heterocycles. The third-order valence-corrected chi connectivity index (χ3v) is 6.33. The summed E-state index contributed by atoms with van der Waals surface area (Å²) in [6, 6.07) is 7.61. The zero-order valence-corrected chi connectivity index (χ0v) is 18.8. The van der Waals surface area contributed by atoms with Crippen LogP contribution in [0.5, 0.6) is 0 Å². The summed E-state index contributed by atoms with van der Waals surface area (Å²) in [6.07, 6.45) is 4.26. The fourth-order valence-electron chi connectivity index (χ4n) is 2.95. The molecule has 0 saturated heterocycles. The minimum absolute atomic E-state index is 0.0174. The molecule has 0 aromatic carbocycles. The van der Waals surface area contributed by atoms with Gasteiger partial charge in [0.25, 0.3) is 5.89 Å². The Labute approximate surface area is 187 Å². The van der Waals surface area contributed by atoms with Crippen molar-refractivity contribution in [2.24, 2.45) is 7.05 Å². The van der Waals surface area contributed by atoms with Crippen molar-refractivity contribution >= 4 is 29.0 Å². The van der Waals surface area contributed by atoms with Crippen LogP contribution in [0.3, 0.4) is 0 Å². The molecule has 0 unspecified atom stereocenters. The molecule has 0 radical (unpaired) electrons. The number of rotatable bonds is 9. The number of nitrogens with zero attached hydrogens (tertiary/aromatic N) is 7. The molecule has 0 aliphatic carbocycles. The van der Waals surface area contributed by atoms with Crippen molar-refractivity contribution in [2.45, 2.75) is 25.0 Å². The monoisotopic (exact) mass is 455 g/mol. The number of thiophene rings is 1. The van der Waals surface area contributed by atoms with E-state index in [1.807, 2.05) is 48.2 Å². The molecule has 0 bridgehead atoms. The summed E-state index contributed by atoms with van der Waals surface area (Å²) in [5.41, 5.74) is 0.925. The average Bonchev–Trinajstić information content (AvgIpc) is 3.54. The molecule has 0 fully saturated rings. The largest absolute Gasteiger partial charge is 0.418 e. The van der Waals surface area contributed by atoms with Gasteiger partial charge >= 0.3 is 0 Å². The van der Waals surface area contributed by atoms with Crippen molar-refractivity contribution in [3.63, 3.8) is 0 Å². The molecule has 0 aliphatic heterocycles. The Morgan fingerprint density at radius 1 is 1.19 bits per heavy atom. The number of pyridine rings is 1. The van der Waals surface area contributed by atoms with E-state index in [-0.39, 0.29) is 18.2 Å². The highest BCUT2D eigenvalue weighted by Gasteiger charge is 2.19. The number of amides is 1. The third kappa shape index (κ3) is 5.00. The Hall–Kier alpha value is -3.05. The predicted octanol–water partition coefficient (Wildman–Crippen LogP) is 3.52. The summed E-state index contributed by atoms with van der Waals surface area (Å²) in [5, 5.41) is 19.3. The summed E-state index contributed by atoms with van der Waals surface area (Å²) >= 11 is 2.89. The summed E-state index contributed by atoms with van der Waals surface area (Å²) in [6.45, 7) is 2.92. The van der Waals surface area contributed by atoms with Crippen molar-refractivity contribution in [3.8, 4) is 22.2 Å². The van der Waals surface area contributed by atoms with Crippen molar-refractivity contribution in [1.82, 2.24) is 34.8 Å². The molecule has 0 N–H and O–H groups in total. The fourth-order valence-corrected chi connectivity index (χ4v) is 4.41. The second-order valence-corrected chi connectivity index (χ2v) is 8.57. The first-order chi connectivity index (χ1) is 15.2. The zero-order chi connectivity index (χ0) is 21.6. The van der Waals surface area contributed by atoms with Gasteiger partial charge in [-0.3, -0.25) is 9.78 Å². The number of carbonyl (C=O) groups excluding carboxylic acids is 1. The van der Waals surface area contributed by atoms with E-state index in [2.05, 4.69) is 25.4 Å². The fraction of sp³-hybridized carbons (Fsp3) is 0.300. The van der Waals surface area contributed by atoms with Crippen molar-refractivity contribution in [2.75, 3.05) is 12.3 Å². The Kier molecular flexibility index (Phi) is 6.73. The highest BCUT2D eigenvalue weighted by molar-refractivity contribution is 7.99. The lowest BCUT2D eigenvalue weighted by Gasteiger charge is -2.19. The van der Waals surface area contributed by atoms with E-state index in [9.17, 15) is 4.79 Å². The van der Waals surface area contributed by atoms with Gasteiger partial charge in [-0.25, -0.2) is 0 Å². The van der Waals surface area contributed by atoms with E-state index in [0.29, 0.717) is 23.5 Å². The molecule has 9 nitrogen and oxygen atoms in total. The number of thioether (sulfide) groups is 1. The van der Waals surface area contributed by atoms with Crippen LogP contribution < -0.4 is 0 Å². The first kappa shape index (κ1) is 21.2. The van der Waals surface area contributed by atoms with Crippen LogP contribution in [0, 0.1) is 0 Å². The second kappa shape index (κ2) is 9.84. The van der Waals surface area contributed by atoms with E-state index in [4.69, 9.17) is 4.42 Å². The summed E-state index contributed by atoms with van der Waals surface area (Å²) in [7, 11) is 1.89. The van der Waals surface area contributed by atoms with Crippen molar-refractivity contribution in [1.29, 1.82) is 0 Å². The van der Waals surface area contributed by atoms with Crippen LogP contribution >= 0.6 is 23.1 Å². The first-order valence-electron chi connectivity index (χ1n) is 9.72. The molecule has 160 valence electrons. The lowest BCUT2D eigenvalue weighted by atomic mass is 10.2. The predicted molar refractivity (Wildman–Crippen MR) is 118 cm³/mol. The van der Waals surface area contributed by atoms with Crippen molar-refractivity contribution < 1.29 is 9.21 Å². The van der Waals surface area contributed by atoms with Gasteiger partial charge in [-0.1, -0.05) is 24.8 Å². The van der Waals surface area contributed by atoms with E-state index in [1.54, 1.807) is 17.3 Å². The van der Waals surface area contributed by atoms with Gasteiger partial charge in [0.1, 0.15) is 0 Å². The lowest BCUT2D eigenvalue weighted by Crippen LogP contribution is -2.32. The van der Waals surface area contributed by atoms with Gasteiger partial charge in [-0.15, -0.1) is 31.7 Å². The normalized spacial score (nSPS) is 11.0. The Morgan fingerprint density at radius 3 is 2.77 bits per heavy atom. The molecule has 0 saturated carbocycles. The summed E-state index contributed by atoms with van der Waals surface area (Å²) in [5.74, 6) is 1.86. The molecule has 0 atom stereocenters. The number of carbonyl (C=O) groups is 1. The maximum Gasteiger partial charge on any atom is 0.257 e. The standard InChI is InChI=1S/C20H21N7O2S2/c1-3-10-27(12-16-22-24-19(29-16)15-5-4-11-30-15)17(28)13-31-20-25-23-18(26(20)2)14-6-8-21-9-7-14/h4-9,11H,3,10,12-13H2,1-2H3. The average molecular weight is 456 g/mol. The van der Waals surface area contributed by atoms with Gasteiger partial charge in [0.05, 0.1) is 17.2 Å². The van der Waals surface area contributed by atoms with Crippen molar-refractivity contribution in [3.05, 3.63) is 47.9 Å². The highest BCUT2D eigenvalue weighted by atomic mass is 32.2. The molecule has 0 spiro atoms. The SMILES string of the molecule is CCCN(Cc1nnc(-c2cccs2)o1)C(=O)CSc1nnc(-c2ccncc2)n1C. The van der Waals surface area contributed by atoms with Gasteiger partial charge in [0, 0.05) is 31.5 Å². The Bertz CT molecular complexity index is 1130. The van der Waals surface area contributed by atoms with Crippen LogP contribution in [-0.4, -0.2) is 53.1 Å². The third-order valence-electron chi connectivity index (χ3n) is 4.47. The molecule has 1 amide bonds. The van der Waals surface area contributed by atoms with E-state index in [1.165, 1.54) is 23.1 Å². The van der Waals surface area contributed by atoms with Gasteiger partial charge in [0.15, 0.2) is 11.0 Å². The number of aromatic nitrogens is 6. The molecule has 31 heavy (non-hydrogen) atoms. The minimum atomic E-state index is -0.0174. The number of hydrogen-bond donors (Lipinski definition) is 0. The summed E-state index contributed by atoms with van der Waals surface area (Å²) in [4.78, 5) is 19.6. The molecule has 4 rings (SSSR count). The molecule has 11 heteroatoms. The van der Waals surface area contributed by atoms with Gasteiger partial charge in [-0.05, 0) is 30.0 Å². The minimum Gasteiger partial charge on any atom is -0.418 e. The van der Waals surface area contributed by atoms with Crippen LogP contribution in [0.4, 0.5) is 0 Å². The molecular formula is C20H21N7O2S2.